The number of amides is 1. The van der Waals surface area contributed by atoms with Crippen molar-refractivity contribution in [1.82, 2.24) is 15.3 Å². The number of methoxy groups -OCH3 is 1. The first-order chi connectivity index (χ1) is 8.79. The van der Waals surface area contributed by atoms with Gasteiger partial charge in [0.1, 0.15) is 12.0 Å². The quantitative estimate of drug-likeness (QED) is 0.882. The molecule has 0 bridgehead atoms. The molecule has 0 saturated carbocycles. The molecular formula is C13H13N3O2. The summed E-state index contributed by atoms with van der Waals surface area (Å²) in [6.45, 7) is 0.464. The van der Waals surface area contributed by atoms with E-state index in [4.69, 9.17) is 4.74 Å². The van der Waals surface area contributed by atoms with Crippen molar-refractivity contribution < 1.29 is 9.53 Å². The molecule has 92 valence electrons. The minimum atomic E-state index is -0.250. The van der Waals surface area contributed by atoms with E-state index in [0.717, 1.165) is 5.56 Å². The van der Waals surface area contributed by atoms with Gasteiger partial charge in [-0.2, -0.15) is 0 Å². The molecule has 0 fully saturated rings. The van der Waals surface area contributed by atoms with Crippen LogP contribution in [0.5, 0.6) is 5.88 Å². The Balaban J connectivity index is 1.99. The highest BCUT2D eigenvalue weighted by molar-refractivity contribution is 5.92. The van der Waals surface area contributed by atoms with Crippen LogP contribution in [0.15, 0.2) is 42.7 Å². The highest BCUT2D eigenvalue weighted by Gasteiger charge is 2.08. The number of hydrogen-bond acceptors (Lipinski definition) is 4. The normalized spacial score (nSPS) is 9.83. The number of aromatic nitrogens is 2. The fourth-order valence-corrected chi connectivity index (χ4v) is 1.44. The van der Waals surface area contributed by atoms with E-state index < -0.39 is 0 Å². The molecule has 2 aromatic rings. The molecule has 0 aliphatic heterocycles. The van der Waals surface area contributed by atoms with Crippen LogP contribution in [0.4, 0.5) is 0 Å². The second-order valence-corrected chi connectivity index (χ2v) is 3.61. The fraction of sp³-hybridized carbons (Fsp3) is 0.154. The van der Waals surface area contributed by atoms with Crippen molar-refractivity contribution >= 4 is 5.91 Å². The van der Waals surface area contributed by atoms with Gasteiger partial charge < -0.3 is 10.1 Å². The topological polar surface area (TPSA) is 64.1 Å². The largest absolute Gasteiger partial charge is 0.481 e. The number of carbonyl (C=O) groups is 1. The summed E-state index contributed by atoms with van der Waals surface area (Å²) in [5, 5.41) is 2.78. The Bertz CT molecular complexity index is 529. The average molecular weight is 243 g/mol. The zero-order valence-corrected chi connectivity index (χ0v) is 9.96. The molecule has 2 rings (SSSR count). The Kier molecular flexibility index (Phi) is 3.86. The summed E-state index contributed by atoms with van der Waals surface area (Å²) < 4.78 is 4.94. The van der Waals surface area contributed by atoms with E-state index >= 15 is 0 Å². The smallest absolute Gasteiger partial charge is 0.270 e. The first-order valence-electron chi connectivity index (χ1n) is 5.48. The van der Waals surface area contributed by atoms with Gasteiger partial charge in [0, 0.05) is 12.6 Å². The van der Waals surface area contributed by atoms with E-state index in [-0.39, 0.29) is 11.6 Å². The molecular weight excluding hydrogens is 230 g/mol. The monoisotopic (exact) mass is 243 g/mol. The predicted molar refractivity (Wildman–Crippen MR) is 66.2 cm³/mol. The molecule has 5 nitrogen and oxygen atoms in total. The van der Waals surface area contributed by atoms with Crippen LogP contribution < -0.4 is 10.1 Å². The van der Waals surface area contributed by atoms with Crippen LogP contribution in [0.25, 0.3) is 0 Å². The number of ether oxygens (including phenoxy) is 1. The van der Waals surface area contributed by atoms with Crippen molar-refractivity contribution in [3.05, 3.63) is 54.0 Å². The van der Waals surface area contributed by atoms with Crippen molar-refractivity contribution in [2.75, 3.05) is 7.11 Å². The van der Waals surface area contributed by atoms with Crippen LogP contribution in [0.2, 0.25) is 0 Å². The maximum Gasteiger partial charge on any atom is 0.270 e. The standard InChI is InChI=1S/C13H13N3O2/c1-18-12-7-11(15-9-16-12)13(17)14-8-10-5-3-2-4-6-10/h2-7,9H,8H2,1H3,(H,14,17). The Morgan fingerprint density at radius 2 is 2.06 bits per heavy atom. The lowest BCUT2D eigenvalue weighted by atomic mass is 10.2. The SMILES string of the molecule is COc1cc(C(=O)NCc2ccccc2)ncn1. The first kappa shape index (κ1) is 12.0. The summed E-state index contributed by atoms with van der Waals surface area (Å²) in [5.74, 6) is 0.120. The van der Waals surface area contributed by atoms with Crippen LogP contribution >= 0.6 is 0 Å². The Morgan fingerprint density at radius 1 is 1.28 bits per heavy atom. The summed E-state index contributed by atoms with van der Waals surface area (Å²) in [6.07, 6.45) is 1.30. The van der Waals surface area contributed by atoms with Crippen molar-refractivity contribution in [1.29, 1.82) is 0 Å². The lowest BCUT2D eigenvalue weighted by Gasteiger charge is -2.05. The molecule has 0 saturated heterocycles. The number of carbonyl (C=O) groups excluding carboxylic acids is 1. The lowest BCUT2D eigenvalue weighted by molar-refractivity contribution is 0.0945. The lowest BCUT2D eigenvalue weighted by Crippen LogP contribution is -2.23. The molecule has 1 N–H and O–H groups in total. The predicted octanol–water partition coefficient (Wildman–Crippen LogP) is 1.42. The van der Waals surface area contributed by atoms with Gasteiger partial charge in [-0.25, -0.2) is 9.97 Å². The van der Waals surface area contributed by atoms with Gasteiger partial charge in [-0.15, -0.1) is 0 Å². The van der Waals surface area contributed by atoms with Crippen LogP contribution in [0, 0.1) is 0 Å². The van der Waals surface area contributed by atoms with Crippen LogP contribution in [0.1, 0.15) is 16.1 Å². The number of rotatable bonds is 4. The molecule has 18 heavy (non-hydrogen) atoms. The van der Waals surface area contributed by atoms with E-state index in [1.807, 2.05) is 30.3 Å². The van der Waals surface area contributed by atoms with Crippen LogP contribution in [-0.2, 0) is 6.54 Å². The van der Waals surface area contributed by atoms with Gasteiger partial charge in [0.25, 0.3) is 5.91 Å². The van der Waals surface area contributed by atoms with Gasteiger partial charge >= 0.3 is 0 Å². The molecule has 1 heterocycles. The first-order valence-corrected chi connectivity index (χ1v) is 5.48. The molecule has 1 aromatic heterocycles. The summed E-state index contributed by atoms with van der Waals surface area (Å²) in [6, 6.07) is 11.2. The molecule has 1 amide bonds. The number of nitrogens with one attached hydrogen (secondary N) is 1. The van der Waals surface area contributed by atoms with Crippen molar-refractivity contribution in [3.8, 4) is 5.88 Å². The molecule has 0 atom stereocenters. The van der Waals surface area contributed by atoms with Crippen molar-refractivity contribution in [2.24, 2.45) is 0 Å². The van der Waals surface area contributed by atoms with Gasteiger partial charge in [-0.1, -0.05) is 30.3 Å². The Hall–Kier alpha value is -2.43. The highest BCUT2D eigenvalue weighted by atomic mass is 16.5. The second-order valence-electron chi connectivity index (χ2n) is 3.61. The minimum Gasteiger partial charge on any atom is -0.481 e. The highest BCUT2D eigenvalue weighted by Crippen LogP contribution is 2.06. The maximum absolute atomic E-state index is 11.8. The molecule has 1 aromatic carbocycles. The van der Waals surface area contributed by atoms with E-state index in [1.165, 1.54) is 19.5 Å². The molecule has 0 unspecified atom stereocenters. The van der Waals surface area contributed by atoms with Crippen molar-refractivity contribution in [2.45, 2.75) is 6.54 Å². The third-order valence-electron chi connectivity index (χ3n) is 2.38. The van der Waals surface area contributed by atoms with E-state index in [0.29, 0.717) is 12.4 Å². The van der Waals surface area contributed by atoms with Gasteiger partial charge in [0.2, 0.25) is 5.88 Å². The number of benzene rings is 1. The molecule has 0 spiro atoms. The Morgan fingerprint density at radius 3 is 2.78 bits per heavy atom. The van der Waals surface area contributed by atoms with Crippen LogP contribution in [-0.4, -0.2) is 23.0 Å². The van der Waals surface area contributed by atoms with Gasteiger partial charge in [0.05, 0.1) is 7.11 Å². The zero-order chi connectivity index (χ0) is 12.8. The molecule has 5 heteroatoms. The minimum absolute atomic E-state index is 0.250. The van der Waals surface area contributed by atoms with Gasteiger partial charge in [0.15, 0.2) is 0 Å². The zero-order valence-electron chi connectivity index (χ0n) is 9.96. The van der Waals surface area contributed by atoms with E-state index in [1.54, 1.807) is 0 Å². The third kappa shape index (κ3) is 3.04. The fourth-order valence-electron chi connectivity index (χ4n) is 1.44. The van der Waals surface area contributed by atoms with Gasteiger partial charge in [-0.05, 0) is 5.56 Å². The molecule has 0 radical (unpaired) electrons. The second kappa shape index (κ2) is 5.77. The number of nitrogens with zero attached hydrogens (tertiary/aromatic N) is 2. The Labute approximate surface area is 105 Å². The van der Waals surface area contributed by atoms with E-state index in [9.17, 15) is 4.79 Å². The van der Waals surface area contributed by atoms with E-state index in [2.05, 4.69) is 15.3 Å². The summed E-state index contributed by atoms with van der Waals surface area (Å²) in [7, 11) is 1.49. The number of hydrogen-bond donors (Lipinski definition) is 1. The van der Waals surface area contributed by atoms with Crippen LogP contribution in [0.3, 0.4) is 0 Å². The summed E-state index contributed by atoms with van der Waals surface area (Å²) in [4.78, 5) is 19.6. The van der Waals surface area contributed by atoms with Crippen molar-refractivity contribution in [3.63, 3.8) is 0 Å². The average Bonchev–Trinajstić information content (AvgIpc) is 2.46. The summed E-state index contributed by atoms with van der Waals surface area (Å²) >= 11 is 0. The molecule has 0 aliphatic rings. The third-order valence-corrected chi connectivity index (χ3v) is 2.38. The van der Waals surface area contributed by atoms with Gasteiger partial charge in [-0.3, -0.25) is 4.79 Å². The molecule has 0 aliphatic carbocycles. The maximum atomic E-state index is 11.8. The summed E-state index contributed by atoms with van der Waals surface area (Å²) in [5.41, 5.74) is 1.32.